The van der Waals surface area contributed by atoms with Crippen molar-refractivity contribution in [3.05, 3.63) is 22.2 Å². The van der Waals surface area contributed by atoms with E-state index in [9.17, 15) is 0 Å². The topological polar surface area (TPSA) is 50.7 Å². The van der Waals surface area contributed by atoms with Crippen molar-refractivity contribution in [2.45, 2.75) is 38.8 Å². The van der Waals surface area contributed by atoms with E-state index >= 15 is 0 Å². The summed E-state index contributed by atoms with van der Waals surface area (Å²) in [5, 5.41) is 12.6. The van der Waals surface area contributed by atoms with E-state index < -0.39 is 0 Å². The standard InChI is InChI=1S/C14H20BrNO3/c1-3-14(2,4-5-17)16-8-10-6-11(15)13-12(7-10)18-9-19-13/h6-7,16-17H,3-5,8-9H2,1-2H3. The first-order valence-electron chi connectivity index (χ1n) is 6.52. The van der Waals surface area contributed by atoms with Crippen LogP contribution in [0.3, 0.4) is 0 Å². The molecule has 1 aliphatic rings. The molecule has 2 rings (SSSR count). The Morgan fingerprint density at radius 1 is 1.42 bits per heavy atom. The molecule has 1 heterocycles. The van der Waals surface area contributed by atoms with Crippen LogP contribution in [0.1, 0.15) is 32.3 Å². The van der Waals surface area contributed by atoms with Crippen LogP contribution in [0.15, 0.2) is 16.6 Å². The van der Waals surface area contributed by atoms with Crippen LogP contribution in [0.4, 0.5) is 0 Å². The highest BCUT2D eigenvalue weighted by atomic mass is 79.9. The summed E-state index contributed by atoms with van der Waals surface area (Å²) in [5.41, 5.74) is 1.09. The normalized spacial score (nSPS) is 16.4. The Balaban J connectivity index is 2.06. The monoisotopic (exact) mass is 329 g/mol. The predicted octanol–water partition coefficient (Wildman–Crippen LogP) is 2.82. The van der Waals surface area contributed by atoms with Crippen LogP contribution in [0.2, 0.25) is 0 Å². The first kappa shape index (κ1) is 14.6. The molecule has 0 fully saturated rings. The lowest BCUT2D eigenvalue weighted by molar-refractivity contribution is 0.173. The number of aliphatic hydroxyl groups is 1. The SMILES string of the molecule is CCC(C)(CCO)NCc1cc(Br)c2c(c1)OCO2. The molecule has 1 unspecified atom stereocenters. The van der Waals surface area contributed by atoms with Crippen molar-refractivity contribution in [2.75, 3.05) is 13.4 Å². The van der Waals surface area contributed by atoms with Gasteiger partial charge in [-0.2, -0.15) is 0 Å². The maximum atomic E-state index is 9.12. The Morgan fingerprint density at radius 3 is 2.89 bits per heavy atom. The lowest BCUT2D eigenvalue weighted by Gasteiger charge is -2.29. The summed E-state index contributed by atoms with van der Waals surface area (Å²) >= 11 is 3.49. The van der Waals surface area contributed by atoms with Crippen LogP contribution in [-0.2, 0) is 6.54 Å². The highest BCUT2D eigenvalue weighted by molar-refractivity contribution is 9.10. The molecule has 2 N–H and O–H groups in total. The lowest BCUT2D eigenvalue weighted by Crippen LogP contribution is -2.42. The summed E-state index contributed by atoms with van der Waals surface area (Å²) in [7, 11) is 0. The van der Waals surface area contributed by atoms with Gasteiger partial charge in [-0.3, -0.25) is 0 Å². The number of hydrogen-bond acceptors (Lipinski definition) is 4. The molecular formula is C14H20BrNO3. The van der Waals surface area contributed by atoms with Crippen molar-refractivity contribution >= 4 is 15.9 Å². The fraction of sp³-hybridized carbons (Fsp3) is 0.571. The number of benzene rings is 1. The van der Waals surface area contributed by atoms with Crippen LogP contribution in [0, 0.1) is 0 Å². The van der Waals surface area contributed by atoms with Gasteiger partial charge in [-0.05, 0) is 53.4 Å². The Labute approximate surface area is 122 Å². The van der Waals surface area contributed by atoms with E-state index in [4.69, 9.17) is 14.6 Å². The Kier molecular flexibility index (Phi) is 4.71. The highest BCUT2D eigenvalue weighted by Gasteiger charge is 2.22. The molecule has 0 aliphatic carbocycles. The second-order valence-electron chi connectivity index (χ2n) is 5.05. The molecular weight excluding hydrogens is 310 g/mol. The number of nitrogens with one attached hydrogen (secondary N) is 1. The number of halogens is 1. The maximum Gasteiger partial charge on any atom is 0.231 e. The smallest absolute Gasteiger partial charge is 0.231 e. The average Bonchev–Trinajstić information content (AvgIpc) is 2.86. The molecule has 1 aromatic rings. The highest BCUT2D eigenvalue weighted by Crippen LogP contribution is 2.40. The van der Waals surface area contributed by atoms with Gasteiger partial charge in [0.05, 0.1) is 4.47 Å². The molecule has 0 saturated heterocycles. The molecule has 1 aliphatic heterocycles. The summed E-state index contributed by atoms with van der Waals surface area (Å²) in [6, 6.07) is 4.03. The average molecular weight is 330 g/mol. The van der Waals surface area contributed by atoms with Gasteiger partial charge in [0.1, 0.15) is 0 Å². The van der Waals surface area contributed by atoms with E-state index in [2.05, 4.69) is 35.1 Å². The third kappa shape index (κ3) is 3.41. The van der Waals surface area contributed by atoms with Crippen LogP contribution in [0.25, 0.3) is 0 Å². The van der Waals surface area contributed by atoms with Gasteiger partial charge in [0.25, 0.3) is 0 Å². The minimum Gasteiger partial charge on any atom is -0.454 e. The van der Waals surface area contributed by atoms with Crippen LogP contribution >= 0.6 is 15.9 Å². The minimum atomic E-state index is -0.0441. The fourth-order valence-corrected chi connectivity index (χ4v) is 2.68. The van der Waals surface area contributed by atoms with Gasteiger partial charge in [0.15, 0.2) is 11.5 Å². The van der Waals surface area contributed by atoms with Crippen molar-refractivity contribution in [3.8, 4) is 11.5 Å². The third-order valence-electron chi connectivity index (χ3n) is 3.65. The largest absolute Gasteiger partial charge is 0.454 e. The molecule has 0 amide bonds. The fourth-order valence-electron chi connectivity index (χ4n) is 2.08. The Morgan fingerprint density at radius 2 is 2.21 bits per heavy atom. The zero-order chi connectivity index (χ0) is 13.9. The zero-order valence-corrected chi connectivity index (χ0v) is 12.9. The van der Waals surface area contributed by atoms with Crippen LogP contribution in [-0.4, -0.2) is 24.0 Å². The van der Waals surface area contributed by atoms with Gasteiger partial charge >= 0.3 is 0 Å². The Hall–Kier alpha value is -0.780. The van der Waals surface area contributed by atoms with Crippen molar-refractivity contribution in [3.63, 3.8) is 0 Å². The van der Waals surface area contributed by atoms with E-state index in [1.54, 1.807) is 0 Å². The van der Waals surface area contributed by atoms with Gasteiger partial charge in [-0.25, -0.2) is 0 Å². The molecule has 0 saturated carbocycles. The quantitative estimate of drug-likeness (QED) is 0.842. The van der Waals surface area contributed by atoms with E-state index in [0.717, 1.165) is 40.9 Å². The first-order chi connectivity index (χ1) is 9.08. The molecule has 19 heavy (non-hydrogen) atoms. The third-order valence-corrected chi connectivity index (χ3v) is 4.24. The summed E-state index contributed by atoms with van der Waals surface area (Å²) < 4.78 is 11.7. The number of aliphatic hydroxyl groups excluding tert-OH is 1. The maximum absolute atomic E-state index is 9.12. The van der Waals surface area contributed by atoms with Gasteiger partial charge in [0, 0.05) is 18.7 Å². The second kappa shape index (κ2) is 6.11. The number of fused-ring (bicyclic) bond motifs is 1. The summed E-state index contributed by atoms with van der Waals surface area (Å²) in [5.74, 6) is 1.56. The molecule has 1 atom stereocenters. The van der Waals surface area contributed by atoms with Crippen molar-refractivity contribution in [1.29, 1.82) is 0 Å². The molecule has 0 radical (unpaired) electrons. The summed E-state index contributed by atoms with van der Waals surface area (Å²) in [6.07, 6.45) is 1.72. The van der Waals surface area contributed by atoms with Gasteiger partial charge in [-0.1, -0.05) is 6.92 Å². The van der Waals surface area contributed by atoms with Gasteiger partial charge in [-0.15, -0.1) is 0 Å². The van der Waals surface area contributed by atoms with Crippen molar-refractivity contribution in [1.82, 2.24) is 5.32 Å². The number of ether oxygens (including phenoxy) is 2. The van der Waals surface area contributed by atoms with Gasteiger partial charge in [0.2, 0.25) is 6.79 Å². The second-order valence-corrected chi connectivity index (χ2v) is 5.91. The van der Waals surface area contributed by atoms with E-state index in [0.29, 0.717) is 0 Å². The molecule has 0 bridgehead atoms. The molecule has 0 spiro atoms. The molecule has 1 aromatic carbocycles. The first-order valence-corrected chi connectivity index (χ1v) is 7.31. The Bertz CT molecular complexity index is 453. The van der Waals surface area contributed by atoms with Gasteiger partial charge < -0.3 is 19.9 Å². The molecule has 0 aromatic heterocycles. The number of rotatable bonds is 6. The minimum absolute atomic E-state index is 0.0441. The lowest BCUT2D eigenvalue weighted by atomic mass is 9.94. The van der Waals surface area contributed by atoms with E-state index in [-0.39, 0.29) is 18.9 Å². The van der Waals surface area contributed by atoms with Crippen LogP contribution in [0.5, 0.6) is 11.5 Å². The van der Waals surface area contributed by atoms with Crippen molar-refractivity contribution in [2.24, 2.45) is 0 Å². The molecule has 4 nitrogen and oxygen atoms in total. The number of hydrogen-bond donors (Lipinski definition) is 2. The zero-order valence-electron chi connectivity index (χ0n) is 11.3. The van der Waals surface area contributed by atoms with Crippen molar-refractivity contribution < 1.29 is 14.6 Å². The van der Waals surface area contributed by atoms with E-state index in [1.165, 1.54) is 0 Å². The molecule has 106 valence electrons. The summed E-state index contributed by atoms with van der Waals surface area (Å²) in [6.45, 7) is 5.47. The molecule has 5 heteroatoms. The predicted molar refractivity (Wildman–Crippen MR) is 77.5 cm³/mol. The van der Waals surface area contributed by atoms with Crippen LogP contribution < -0.4 is 14.8 Å². The summed E-state index contributed by atoms with van der Waals surface area (Å²) in [4.78, 5) is 0. The van der Waals surface area contributed by atoms with E-state index in [1.807, 2.05) is 12.1 Å².